The van der Waals surface area contributed by atoms with E-state index in [0.717, 1.165) is 10.5 Å². The van der Waals surface area contributed by atoms with E-state index in [4.69, 9.17) is 4.74 Å². The zero-order chi connectivity index (χ0) is 19.8. The smallest absolute Gasteiger partial charge is 0.410 e. The molecule has 0 spiro atoms. The summed E-state index contributed by atoms with van der Waals surface area (Å²) in [5, 5.41) is 13.5. The highest BCUT2D eigenvalue weighted by atomic mass is 79.9. The normalized spacial score (nSPS) is 10.6. The molecule has 9 heteroatoms. The average molecular weight is 499 g/mol. The molecule has 27 heavy (non-hydrogen) atoms. The van der Waals surface area contributed by atoms with Gasteiger partial charge in [0.1, 0.15) is 18.9 Å². The lowest BCUT2D eigenvalue weighted by Crippen LogP contribution is -2.36. The highest BCUT2D eigenvalue weighted by Crippen LogP contribution is 2.32. The maximum Gasteiger partial charge on any atom is 0.410 e. The summed E-state index contributed by atoms with van der Waals surface area (Å²) in [6.45, 7) is -0.0671. The van der Waals surface area contributed by atoms with Crippen LogP contribution in [0.15, 0.2) is 56.5 Å². The van der Waals surface area contributed by atoms with Crippen LogP contribution in [0.1, 0.15) is 11.1 Å². The van der Waals surface area contributed by atoms with Crippen molar-refractivity contribution in [2.24, 2.45) is 5.10 Å². The number of carbonyl (C=O) groups excluding carboxylic acids is 2. The molecular formula is C18H17Br2N3O4. The molecule has 0 radical (unpaired) electrons. The maximum atomic E-state index is 11.9. The van der Waals surface area contributed by atoms with Crippen LogP contribution in [0.4, 0.5) is 4.79 Å². The van der Waals surface area contributed by atoms with Crippen molar-refractivity contribution in [3.63, 3.8) is 0 Å². The number of aromatic hydroxyl groups is 1. The van der Waals surface area contributed by atoms with Crippen molar-refractivity contribution in [2.75, 3.05) is 13.6 Å². The Bertz CT molecular complexity index is 821. The van der Waals surface area contributed by atoms with Gasteiger partial charge in [-0.1, -0.05) is 30.3 Å². The molecule has 0 bridgehead atoms. The van der Waals surface area contributed by atoms with Crippen LogP contribution >= 0.6 is 31.9 Å². The van der Waals surface area contributed by atoms with E-state index in [2.05, 4.69) is 42.4 Å². The highest BCUT2D eigenvalue weighted by Gasteiger charge is 2.14. The fourth-order valence-corrected chi connectivity index (χ4v) is 3.21. The van der Waals surface area contributed by atoms with Crippen molar-refractivity contribution in [2.45, 2.75) is 6.61 Å². The Morgan fingerprint density at radius 3 is 2.48 bits per heavy atom. The van der Waals surface area contributed by atoms with E-state index in [-0.39, 0.29) is 18.9 Å². The Hall–Kier alpha value is -2.39. The molecule has 2 amide bonds. The van der Waals surface area contributed by atoms with Crippen LogP contribution in [0.5, 0.6) is 5.75 Å². The van der Waals surface area contributed by atoms with Crippen molar-refractivity contribution in [3.05, 3.63) is 62.5 Å². The lowest BCUT2D eigenvalue weighted by Gasteiger charge is -2.15. The number of halogens is 2. The number of phenolic OH excluding ortho intramolecular Hbond substituents is 1. The van der Waals surface area contributed by atoms with E-state index >= 15 is 0 Å². The number of phenols is 1. The number of rotatable bonds is 6. The van der Waals surface area contributed by atoms with Gasteiger partial charge in [0.25, 0.3) is 5.91 Å². The molecule has 0 unspecified atom stereocenters. The average Bonchev–Trinajstić information content (AvgIpc) is 2.64. The van der Waals surface area contributed by atoms with Gasteiger partial charge in [-0.2, -0.15) is 5.10 Å². The van der Waals surface area contributed by atoms with Gasteiger partial charge in [0.2, 0.25) is 0 Å². The molecule has 2 aromatic carbocycles. The molecule has 0 fully saturated rings. The van der Waals surface area contributed by atoms with Crippen molar-refractivity contribution < 1.29 is 19.4 Å². The molecule has 142 valence electrons. The summed E-state index contributed by atoms with van der Waals surface area (Å²) in [7, 11) is 1.46. The first-order chi connectivity index (χ1) is 12.9. The number of hydrazone groups is 1. The predicted molar refractivity (Wildman–Crippen MR) is 109 cm³/mol. The molecule has 2 N–H and O–H groups in total. The van der Waals surface area contributed by atoms with Crippen molar-refractivity contribution in [1.29, 1.82) is 0 Å². The Labute approximate surface area is 173 Å². The van der Waals surface area contributed by atoms with Gasteiger partial charge in [0.15, 0.2) is 0 Å². The van der Waals surface area contributed by atoms with Crippen LogP contribution in [-0.4, -0.2) is 41.8 Å². The number of nitrogens with zero attached hydrogens (tertiary/aromatic N) is 2. The summed E-state index contributed by atoms with van der Waals surface area (Å²) < 4.78 is 6.12. The van der Waals surface area contributed by atoms with Gasteiger partial charge in [0, 0.05) is 7.05 Å². The van der Waals surface area contributed by atoms with Gasteiger partial charge in [-0.15, -0.1) is 0 Å². The van der Waals surface area contributed by atoms with Gasteiger partial charge in [0.05, 0.1) is 15.2 Å². The summed E-state index contributed by atoms with van der Waals surface area (Å²) in [5.41, 5.74) is 3.85. The van der Waals surface area contributed by atoms with Gasteiger partial charge < -0.3 is 14.7 Å². The predicted octanol–water partition coefficient (Wildman–Crippen LogP) is 3.64. The van der Waals surface area contributed by atoms with E-state index in [9.17, 15) is 14.7 Å². The maximum absolute atomic E-state index is 11.9. The zero-order valence-electron chi connectivity index (χ0n) is 14.4. The van der Waals surface area contributed by atoms with Crippen LogP contribution in [0.25, 0.3) is 0 Å². The largest absolute Gasteiger partial charge is 0.506 e. The molecule has 0 aliphatic rings. The van der Waals surface area contributed by atoms with Crippen molar-refractivity contribution in [1.82, 2.24) is 10.3 Å². The third-order valence-electron chi connectivity index (χ3n) is 3.34. The van der Waals surface area contributed by atoms with Crippen molar-refractivity contribution >= 4 is 50.1 Å². The van der Waals surface area contributed by atoms with E-state index in [1.54, 1.807) is 12.1 Å². The summed E-state index contributed by atoms with van der Waals surface area (Å²) in [4.78, 5) is 24.9. The molecule has 0 saturated carbocycles. The van der Waals surface area contributed by atoms with Gasteiger partial charge in [-0.25, -0.2) is 10.2 Å². The van der Waals surface area contributed by atoms with E-state index in [0.29, 0.717) is 14.5 Å². The number of likely N-dealkylation sites (N-methyl/N-ethyl adjacent to an activating group) is 1. The highest BCUT2D eigenvalue weighted by molar-refractivity contribution is 9.11. The van der Waals surface area contributed by atoms with Crippen LogP contribution in [0.2, 0.25) is 0 Å². The summed E-state index contributed by atoms with van der Waals surface area (Å²) in [6.07, 6.45) is 0.810. The first kappa shape index (κ1) is 20.9. The monoisotopic (exact) mass is 497 g/mol. The molecule has 2 aromatic rings. The second-order valence-corrected chi connectivity index (χ2v) is 7.23. The molecule has 0 saturated heterocycles. The number of nitrogens with one attached hydrogen (secondary N) is 1. The molecule has 0 heterocycles. The number of carbonyl (C=O) groups is 2. The zero-order valence-corrected chi connectivity index (χ0v) is 17.5. The number of ether oxygens (including phenoxy) is 1. The number of hydrogen-bond acceptors (Lipinski definition) is 5. The fourth-order valence-electron chi connectivity index (χ4n) is 1.98. The van der Waals surface area contributed by atoms with Gasteiger partial charge in [-0.3, -0.25) is 4.79 Å². The number of amides is 2. The first-order valence-electron chi connectivity index (χ1n) is 7.78. The summed E-state index contributed by atoms with van der Waals surface area (Å²) in [5.74, 6) is -0.394. The Morgan fingerprint density at radius 2 is 1.85 bits per heavy atom. The Balaban J connectivity index is 1.79. The fraction of sp³-hybridized carbons (Fsp3) is 0.167. The molecule has 7 nitrogen and oxygen atoms in total. The first-order valence-corrected chi connectivity index (χ1v) is 9.37. The van der Waals surface area contributed by atoms with E-state index in [1.165, 1.54) is 13.3 Å². The lowest BCUT2D eigenvalue weighted by atomic mass is 10.2. The van der Waals surface area contributed by atoms with Crippen LogP contribution < -0.4 is 5.43 Å². The minimum Gasteiger partial charge on any atom is -0.506 e. The van der Waals surface area contributed by atoms with Gasteiger partial charge >= 0.3 is 6.09 Å². The summed E-state index contributed by atoms with van der Waals surface area (Å²) in [6, 6.07) is 12.5. The van der Waals surface area contributed by atoms with Crippen LogP contribution in [0, 0.1) is 0 Å². The second kappa shape index (κ2) is 10.1. The van der Waals surface area contributed by atoms with Crippen LogP contribution in [0.3, 0.4) is 0 Å². The van der Waals surface area contributed by atoms with E-state index < -0.39 is 12.0 Å². The minimum atomic E-state index is -0.607. The molecule has 0 aromatic heterocycles. The Kier molecular flexibility index (Phi) is 7.81. The van der Waals surface area contributed by atoms with Crippen LogP contribution in [-0.2, 0) is 16.1 Å². The third-order valence-corrected chi connectivity index (χ3v) is 4.55. The lowest BCUT2D eigenvalue weighted by molar-refractivity contribution is -0.121. The number of benzene rings is 2. The van der Waals surface area contributed by atoms with Crippen molar-refractivity contribution in [3.8, 4) is 5.75 Å². The standard InChI is InChI=1S/C18H17Br2N3O4/c1-23(18(26)27-11-12-5-3-2-4-6-12)10-16(24)22-21-9-13-7-14(19)17(25)15(20)8-13/h2-9,25H,10-11H2,1H3,(H,22,24). The summed E-state index contributed by atoms with van der Waals surface area (Å²) >= 11 is 6.42. The topological polar surface area (TPSA) is 91.2 Å². The molecule has 2 rings (SSSR count). The molecule has 0 atom stereocenters. The molecule has 0 aliphatic carbocycles. The second-order valence-electron chi connectivity index (χ2n) is 5.52. The quantitative estimate of drug-likeness (QED) is 0.470. The van der Waals surface area contributed by atoms with Gasteiger partial charge in [-0.05, 0) is 55.1 Å². The third kappa shape index (κ3) is 6.69. The van der Waals surface area contributed by atoms with E-state index in [1.807, 2.05) is 30.3 Å². The Morgan fingerprint density at radius 1 is 1.22 bits per heavy atom. The SMILES string of the molecule is CN(CC(=O)NN=Cc1cc(Br)c(O)c(Br)c1)C(=O)OCc1ccccc1. The number of hydrogen-bond donors (Lipinski definition) is 2. The minimum absolute atomic E-state index is 0.0758. The molecular weight excluding hydrogens is 482 g/mol. The molecule has 0 aliphatic heterocycles.